The molecular weight excluding hydrogens is 1110 g/mol. The first-order chi connectivity index (χ1) is 45.7. The molecule has 0 aliphatic carbocycles. The van der Waals surface area contributed by atoms with E-state index in [-0.39, 0.29) is 13.4 Å². The molecule has 5 heterocycles. The standard InChI is InChI=1S/C84H56B2N6/c1-6-28-59(29-7-1)87(65-53-79-83-80(54-65)89(61-32-10-3-11-33-61)76-47-24-19-42-70(76)85(83)69-41-18-23-46-75(69)88(79)60-30-8-2-9-31-60)64-38-26-27-57(51-64)58-49-50-78-72(52-58)86-71-43-20-25-48-77(71)90(62-34-12-4-13-35-62)81-55-66(56-82(84(81)86)91(78)63-36-14-5-15-37-63)92-73-44-21-16-39-67(73)68-40-17-22-45-74(68)92/h1-56H. The molecule has 0 saturated carbocycles. The Labute approximate surface area is 535 Å². The maximum atomic E-state index is 2.53. The van der Waals surface area contributed by atoms with Gasteiger partial charge >= 0.3 is 0 Å². The van der Waals surface area contributed by atoms with Crippen molar-refractivity contribution in [3.05, 3.63) is 340 Å². The van der Waals surface area contributed by atoms with Crippen molar-refractivity contribution in [2.45, 2.75) is 0 Å². The first kappa shape index (κ1) is 52.0. The number of rotatable bonds is 9. The summed E-state index contributed by atoms with van der Waals surface area (Å²) in [6, 6.07) is 126. The number of anilines is 15. The lowest BCUT2D eigenvalue weighted by Gasteiger charge is -2.45. The number of hydrogen-bond donors (Lipinski definition) is 0. The molecule has 8 heteroatoms. The molecule has 14 aromatic carbocycles. The van der Waals surface area contributed by atoms with Gasteiger partial charge in [0.05, 0.1) is 22.4 Å². The van der Waals surface area contributed by atoms with Gasteiger partial charge in [0.15, 0.2) is 0 Å². The third kappa shape index (κ3) is 7.90. The highest BCUT2D eigenvalue weighted by atomic mass is 15.2. The number of para-hydroxylation sites is 10. The van der Waals surface area contributed by atoms with Crippen LogP contribution in [-0.2, 0) is 0 Å². The fraction of sp³-hybridized carbons (Fsp3) is 0. The van der Waals surface area contributed by atoms with Crippen LogP contribution in [0.1, 0.15) is 0 Å². The Kier molecular flexibility index (Phi) is 11.8. The molecule has 4 aliphatic rings. The second-order valence-electron chi connectivity index (χ2n) is 24.4. The van der Waals surface area contributed by atoms with Crippen molar-refractivity contribution in [3.63, 3.8) is 0 Å². The maximum Gasteiger partial charge on any atom is 0.252 e. The smallest absolute Gasteiger partial charge is 0.252 e. The summed E-state index contributed by atoms with van der Waals surface area (Å²) in [7, 11) is 0. The summed E-state index contributed by atoms with van der Waals surface area (Å²) in [6.07, 6.45) is 0. The molecule has 0 atom stereocenters. The third-order valence-electron chi connectivity index (χ3n) is 19.4. The Morgan fingerprint density at radius 2 is 0.576 bits per heavy atom. The van der Waals surface area contributed by atoms with E-state index >= 15 is 0 Å². The third-order valence-corrected chi connectivity index (χ3v) is 19.4. The average molecular weight is 1170 g/mol. The SMILES string of the molecule is c1ccc(N(c2cccc(-c3ccc4c(c3)B3c5ccccc5N(c5ccccc5)c5cc(-n6c7ccccc7c7ccccc76)cc(c53)N4c3ccccc3)c2)c2cc3c4c(c2)N(c2ccccc2)c2ccccc2B4c2ccccc2N3c2ccccc2)cc1. The molecule has 1 aromatic heterocycles. The Balaban J connectivity index is 0.824. The molecule has 0 spiro atoms. The highest BCUT2D eigenvalue weighted by molar-refractivity contribution is 7.01. The van der Waals surface area contributed by atoms with Crippen LogP contribution in [0.4, 0.5) is 85.3 Å². The summed E-state index contributed by atoms with van der Waals surface area (Å²) in [5, 5.41) is 2.47. The molecule has 428 valence electrons. The summed E-state index contributed by atoms with van der Waals surface area (Å²) in [4.78, 5) is 12.5. The van der Waals surface area contributed by atoms with E-state index in [0.717, 1.165) is 85.1 Å². The van der Waals surface area contributed by atoms with Gasteiger partial charge in [0, 0.05) is 90.4 Å². The molecule has 15 aromatic rings. The van der Waals surface area contributed by atoms with Crippen molar-refractivity contribution < 1.29 is 0 Å². The molecule has 0 fully saturated rings. The molecule has 0 saturated heterocycles. The first-order valence-electron chi connectivity index (χ1n) is 31.8. The van der Waals surface area contributed by atoms with Gasteiger partial charge in [-0.25, -0.2) is 0 Å². The minimum atomic E-state index is -0.103. The van der Waals surface area contributed by atoms with Crippen LogP contribution in [0, 0.1) is 0 Å². The summed E-state index contributed by atoms with van der Waals surface area (Å²) in [6.45, 7) is -0.103. The minimum Gasteiger partial charge on any atom is -0.311 e. The van der Waals surface area contributed by atoms with Gasteiger partial charge in [0.1, 0.15) is 0 Å². The molecule has 19 rings (SSSR count). The lowest BCUT2D eigenvalue weighted by Crippen LogP contribution is -2.61. The molecule has 0 radical (unpaired) electrons. The van der Waals surface area contributed by atoms with E-state index in [1.165, 1.54) is 71.6 Å². The molecule has 0 amide bonds. The zero-order chi connectivity index (χ0) is 60.4. The zero-order valence-corrected chi connectivity index (χ0v) is 50.2. The van der Waals surface area contributed by atoms with Gasteiger partial charge in [-0.05, 0) is 177 Å². The Morgan fingerprint density at radius 3 is 1.04 bits per heavy atom. The van der Waals surface area contributed by atoms with Crippen LogP contribution >= 0.6 is 0 Å². The lowest BCUT2D eigenvalue weighted by molar-refractivity contribution is 1.16. The van der Waals surface area contributed by atoms with Gasteiger partial charge < -0.3 is 29.1 Å². The monoisotopic (exact) mass is 1170 g/mol. The summed E-state index contributed by atoms with van der Waals surface area (Å²) < 4.78 is 2.47. The van der Waals surface area contributed by atoms with E-state index in [1.807, 2.05) is 0 Å². The molecule has 92 heavy (non-hydrogen) atoms. The molecule has 4 aliphatic heterocycles. The van der Waals surface area contributed by atoms with Crippen LogP contribution in [0.2, 0.25) is 0 Å². The lowest BCUT2D eigenvalue weighted by atomic mass is 9.33. The number of hydrogen-bond acceptors (Lipinski definition) is 5. The van der Waals surface area contributed by atoms with Gasteiger partial charge in [-0.15, -0.1) is 0 Å². The van der Waals surface area contributed by atoms with Gasteiger partial charge in [0.25, 0.3) is 13.4 Å². The van der Waals surface area contributed by atoms with Crippen LogP contribution in [0.3, 0.4) is 0 Å². The number of aromatic nitrogens is 1. The Morgan fingerprint density at radius 1 is 0.217 bits per heavy atom. The second-order valence-corrected chi connectivity index (χ2v) is 24.4. The first-order valence-corrected chi connectivity index (χ1v) is 31.8. The quantitative estimate of drug-likeness (QED) is 0.134. The van der Waals surface area contributed by atoms with Crippen molar-refractivity contribution in [1.82, 2.24) is 4.57 Å². The van der Waals surface area contributed by atoms with E-state index in [2.05, 4.69) is 369 Å². The van der Waals surface area contributed by atoms with Crippen molar-refractivity contribution in [2.75, 3.05) is 24.5 Å². The second kappa shape index (κ2) is 20.8. The highest BCUT2D eigenvalue weighted by Crippen LogP contribution is 2.50. The van der Waals surface area contributed by atoms with E-state index in [0.29, 0.717) is 0 Å². The molecule has 6 nitrogen and oxygen atoms in total. The summed E-state index contributed by atoms with van der Waals surface area (Å²) in [5.41, 5.74) is 30.3. The van der Waals surface area contributed by atoms with Gasteiger partial charge in [-0.1, -0.05) is 206 Å². The topological polar surface area (TPSA) is 21.1 Å². The van der Waals surface area contributed by atoms with Gasteiger partial charge in [0.2, 0.25) is 0 Å². The van der Waals surface area contributed by atoms with E-state index in [4.69, 9.17) is 0 Å². The molecule has 0 N–H and O–H groups in total. The van der Waals surface area contributed by atoms with Crippen LogP contribution in [0.15, 0.2) is 340 Å². The van der Waals surface area contributed by atoms with E-state index in [9.17, 15) is 0 Å². The maximum absolute atomic E-state index is 2.53. The van der Waals surface area contributed by atoms with Crippen LogP contribution in [0.25, 0.3) is 38.6 Å². The molecular formula is C84H56B2N6. The largest absolute Gasteiger partial charge is 0.311 e. The number of nitrogens with zero attached hydrogens (tertiary/aromatic N) is 6. The van der Waals surface area contributed by atoms with E-state index < -0.39 is 0 Å². The Bertz CT molecular complexity index is 5230. The zero-order valence-electron chi connectivity index (χ0n) is 50.2. The van der Waals surface area contributed by atoms with Gasteiger partial charge in [-0.2, -0.15) is 0 Å². The summed E-state index contributed by atoms with van der Waals surface area (Å²) in [5.74, 6) is 0. The average Bonchev–Trinajstić information content (AvgIpc) is 0.746. The predicted molar refractivity (Wildman–Crippen MR) is 389 cm³/mol. The summed E-state index contributed by atoms with van der Waals surface area (Å²) >= 11 is 0. The normalized spacial score (nSPS) is 13.1. The highest BCUT2D eigenvalue weighted by Gasteiger charge is 2.46. The van der Waals surface area contributed by atoms with Gasteiger partial charge in [-0.3, -0.25) is 0 Å². The van der Waals surface area contributed by atoms with Crippen molar-refractivity contribution in [1.29, 1.82) is 0 Å². The van der Waals surface area contributed by atoms with Crippen molar-refractivity contribution in [2.24, 2.45) is 0 Å². The number of fused-ring (bicyclic) bond motifs is 11. The van der Waals surface area contributed by atoms with Crippen molar-refractivity contribution >= 4 is 153 Å². The fourth-order valence-electron chi connectivity index (χ4n) is 15.7. The number of benzene rings is 14. The molecule has 0 bridgehead atoms. The van der Waals surface area contributed by atoms with E-state index in [1.54, 1.807) is 0 Å². The van der Waals surface area contributed by atoms with Crippen LogP contribution < -0.4 is 57.3 Å². The van der Waals surface area contributed by atoms with Crippen LogP contribution in [-0.4, -0.2) is 18.0 Å². The fourth-order valence-corrected chi connectivity index (χ4v) is 15.7. The minimum absolute atomic E-state index is 0.000546. The van der Waals surface area contributed by atoms with Crippen molar-refractivity contribution in [3.8, 4) is 16.8 Å². The molecule has 0 unspecified atom stereocenters. The predicted octanol–water partition coefficient (Wildman–Crippen LogP) is 18.1. The Hall–Kier alpha value is -12.0. The van der Waals surface area contributed by atoms with Crippen LogP contribution in [0.5, 0.6) is 0 Å².